The highest BCUT2D eigenvalue weighted by Crippen LogP contribution is 2.18. The molecule has 0 unspecified atom stereocenters. The molecular formula is C21H20N4O4. The molecule has 0 aliphatic rings. The number of nitro benzene ring substituents is 1. The third-order valence-corrected chi connectivity index (χ3v) is 4.28. The molecule has 1 amide bonds. The van der Waals surface area contributed by atoms with E-state index in [1.807, 2.05) is 24.3 Å². The van der Waals surface area contributed by atoms with E-state index in [4.69, 9.17) is 4.74 Å². The third-order valence-electron chi connectivity index (χ3n) is 4.28. The Bertz CT molecular complexity index is 1030. The first-order chi connectivity index (χ1) is 14.0. The van der Waals surface area contributed by atoms with E-state index in [1.54, 1.807) is 42.5 Å². The largest absolute Gasteiger partial charge is 0.497 e. The van der Waals surface area contributed by atoms with Crippen LogP contribution in [0.4, 0.5) is 5.69 Å². The van der Waals surface area contributed by atoms with Crippen molar-refractivity contribution in [3.8, 4) is 11.4 Å². The van der Waals surface area contributed by atoms with E-state index in [9.17, 15) is 14.9 Å². The average Bonchev–Trinajstić information content (AvgIpc) is 3.24. The number of amides is 1. The molecule has 8 nitrogen and oxygen atoms in total. The van der Waals surface area contributed by atoms with Gasteiger partial charge in [0.25, 0.3) is 11.6 Å². The molecule has 0 atom stereocenters. The second kappa shape index (κ2) is 8.83. The highest BCUT2D eigenvalue weighted by molar-refractivity contribution is 5.92. The fourth-order valence-electron chi connectivity index (χ4n) is 2.82. The van der Waals surface area contributed by atoms with Crippen LogP contribution in [0.2, 0.25) is 0 Å². The summed E-state index contributed by atoms with van der Waals surface area (Å²) in [6.45, 7) is 4.46. The topological polar surface area (TPSA) is 90.5 Å². The molecule has 0 bridgehead atoms. The zero-order valence-corrected chi connectivity index (χ0v) is 15.9. The van der Waals surface area contributed by atoms with Gasteiger partial charge in [0.2, 0.25) is 0 Å². The Morgan fingerprint density at radius 1 is 1.28 bits per heavy atom. The van der Waals surface area contributed by atoms with Crippen LogP contribution in [0.25, 0.3) is 5.69 Å². The summed E-state index contributed by atoms with van der Waals surface area (Å²) in [7, 11) is 1.60. The number of methoxy groups -OCH3 is 1. The fraction of sp³-hybridized carbons (Fsp3) is 0.143. The first-order valence-electron chi connectivity index (χ1n) is 8.85. The number of rotatable bonds is 8. The van der Waals surface area contributed by atoms with E-state index in [0.29, 0.717) is 18.8 Å². The van der Waals surface area contributed by atoms with Crippen molar-refractivity contribution in [3.05, 3.63) is 94.8 Å². The molecular weight excluding hydrogens is 372 g/mol. The van der Waals surface area contributed by atoms with Gasteiger partial charge in [0.05, 0.1) is 17.7 Å². The van der Waals surface area contributed by atoms with Crippen LogP contribution in [0.15, 0.2) is 73.4 Å². The second-order valence-electron chi connectivity index (χ2n) is 6.24. The van der Waals surface area contributed by atoms with Crippen molar-refractivity contribution in [1.29, 1.82) is 0 Å². The van der Waals surface area contributed by atoms with E-state index < -0.39 is 4.92 Å². The number of benzene rings is 2. The number of ether oxygens (including phenoxy) is 1. The lowest BCUT2D eigenvalue weighted by Gasteiger charge is -2.20. The average molecular weight is 392 g/mol. The molecule has 0 saturated carbocycles. The lowest BCUT2D eigenvalue weighted by molar-refractivity contribution is -0.384. The van der Waals surface area contributed by atoms with Crippen LogP contribution in [0.1, 0.15) is 16.1 Å². The Labute approximate surface area is 167 Å². The summed E-state index contributed by atoms with van der Waals surface area (Å²) in [4.78, 5) is 25.1. The van der Waals surface area contributed by atoms with E-state index in [2.05, 4.69) is 11.7 Å². The van der Waals surface area contributed by atoms with Gasteiger partial charge in [0.15, 0.2) is 5.69 Å². The van der Waals surface area contributed by atoms with Gasteiger partial charge < -0.3 is 9.64 Å². The van der Waals surface area contributed by atoms with Gasteiger partial charge in [-0.3, -0.25) is 14.9 Å². The molecule has 2 aromatic carbocycles. The minimum Gasteiger partial charge on any atom is -0.497 e. The van der Waals surface area contributed by atoms with Crippen molar-refractivity contribution in [3.63, 3.8) is 0 Å². The van der Waals surface area contributed by atoms with E-state index in [1.165, 1.54) is 16.8 Å². The summed E-state index contributed by atoms with van der Waals surface area (Å²) in [6.07, 6.45) is 3.25. The molecule has 0 spiro atoms. The minimum atomic E-state index is -0.472. The van der Waals surface area contributed by atoms with Crippen LogP contribution >= 0.6 is 0 Å². The Kier molecular flexibility index (Phi) is 6.03. The number of non-ortho nitro benzene ring substituents is 1. The Morgan fingerprint density at radius 3 is 2.69 bits per heavy atom. The standard InChI is InChI=1S/C21H20N4O4/c1-3-12-23(15-16-7-9-19(29-2)10-8-16)21(26)20-11-13-24(22-20)17-5-4-6-18(14-17)25(27)28/h3-11,13-14H,1,12,15H2,2H3. The molecule has 0 saturated heterocycles. The van der Waals surface area contributed by atoms with Crippen LogP contribution in [0, 0.1) is 10.1 Å². The highest BCUT2D eigenvalue weighted by atomic mass is 16.6. The molecule has 0 radical (unpaired) electrons. The molecule has 3 aromatic rings. The summed E-state index contributed by atoms with van der Waals surface area (Å²) in [5.74, 6) is 0.482. The predicted molar refractivity (Wildman–Crippen MR) is 108 cm³/mol. The number of hydrogen-bond donors (Lipinski definition) is 0. The number of carbonyl (C=O) groups is 1. The fourth-order valence-corrected chi connectivity index (χ4v) is 2.82. The maximum atomic E-state index is 13.0. The molecule has 1 heterocycles. The van der Waals surface area contributed by atoms with Crippen LogP contribution in [0.3, 0.4) is 0 Å². The molecule has 0 fully saturated rings. The Hall–Kier alpha value is -3.94. The van der Waals surface area contributed by atoms with Crippen LogP contribution in [-0.4, -0.2) is 39.2 Å². The predicted octanol–water partition coefficient (Wildman–Crippen LogP) is 3.62. The van der Waals surface area contributed by atoms with Gasteiger partial charge in [0.1, 0.15) is 5.75 Å². The normalized spacial score (nSPS) is 10.4. The van der Waals surface area contributed by atoms with Crippen molar-refractivity contribution in [1.82, 2.24) is 14.7 Å². The van der Waals surface area contributed by atoms with Crippen molar-refractivity contribution in [2.75, 3.05) is 13.7 Å². The van der Waals surface area contributed by atoms with E-state index in [-0.39, 0.29) is 17.3 Å². The second-order valence-corrected chi connectivity index (χ2v) is 6.24. The smallest absolute Gasteiger partial charge is 0.274 e. The number of nitro groups is 1. The van der Waals surface area contributed by atoms with Gasteiger partial charge in [0, 0.05) is 31.4 Å². The van der Waals surface area contributed by atoms with Crippen molar-refractivity contribution >= 4 is 11.6 Å². The monoisotopic (exact) mass is 392 g/mol. The van der Waals surface area contributed by atoms with Crippen molar-refractivity contribution < 1.29 is 14.5 Å². The number of carbonyl (C=O) groups excluding carboxylic acids is 1. The molecule has 1 aromatic heterocycles. The van der Waals surface area contributed by atoms with E-state index >= 15 is 0 Å². The lowest BCUT2D eigenvalue weighted by Crippen LogP contribution is -2.31. The number of aromatic nitrogens is 2. The zero-order valence-electron chi connectivity index (χ0n) is 15.9. The molecule has 0 N–H and O–H groups in total. The zero-order chi connectivity index (χ0) is 20.8. The summed E-state index contributed by atoms with van der Waals surface area (Å²) in [6, 6.07) is 15.1. The number of nitrogens with zero attached hydrogens (tertiary/aromatic N) is 4. The van der Waals surface area contributed by atoms with Gasteiger partial charge in [-0.2, -0.15) is 5.10 Å². The Morgan fingerprint density at radius 2 is 2.03 bits per heavy atom. The first-order valence-corrected chi connectivity index (χ1v) is 8.85. The first kappa shape index (κ1) is 19.8. The maximum Gasteiger partial charge on any atom is 0.274 e. The molecule has 3 rings (SSSR count). The molecule has 148 valence electrons. The van der Waals surface area contributed by atoms with Gasteiger partial charge in [-0.15, -0.1) is 6.58 Å². The van der Waals surface area contributed by atoms with E-state index in [0.717, 1.165) is 11.3 Å². The van der Waals surface area contributed by atoms with Crippen molar-refractivity contribution in [2.45, 2.75) is 6.54 Å². The quantitative estimate of drug-likeness (QED) is 0.332. The SMILES string of the molecule is C=CCN(Cc1ccc(OC)cc1)C(=O)c1ccn(-c2cccc([N+](=O)[O-])c2)n1. The highest BCUT2D eigenvalue weighted by Gasteiger charge is 2.18. The van der Waals surface area contributed by atoms with Crippen LogP contribution in [-0.2, 0) is 6.54 Å². The van der Waals surface area contributed by atoms with Gasteiger partial charge >= 0.3 is 0 Å². The van der Waals surface area contributed by atoms with Crippen molar-refractivity contribution in [2.24, 2.45) is 0 Å². The third kappa shape index (κ3) is 4.67. The molecule has 29 heavy (non-hydrogen) atoms. The number of hydrogen-bond acceptors (Lipinski definition) is 5. The van der Waals surface area contributed by atoms with Crippen LogP contribution < -0.4 is 4.74 Å². The molecule has 0 aliphatic heterocycles. The molecule has 0 aliphatic carbocycles. The van der Waals surface area contributed by atoms with Crippen LogP contribution in [0.5, 0.6) is 5.75 Å². The van der Waals surface area contributed by atoms with Gasteiger partial charge in [-0.1, -0.05) is 24.3 Å². The summed E-state index contributed by atoms with van der Waals surface area (Å²) < 4.78 is 6.60. The Balaban J connectivity index is 1.80. The van der Waals surface area contributed by atoms with Gasteiger partial charge in [-0.25, -0.2) is 4.68 Å². The lowest BCUT2D eigenvalue weighted by atomic mass is 10.2. The minimum absolute atomic E-state index is 0.0429. The maximum absolute atomic E-state index is 13.0. The summed E-state index contributed by atoms with van der Waals surface area (Å²) in [5.41, 5.74) is 1.65. The summed E-state index contributed by atoms with van der Waals surface area (Å²) >= 11 is 0. The molecule has 8 heteroatoms. The summed E-state index contributed by atoms with van der Waals surface area (Å²) in [5, 5.41) is 15.3. The van der Waals surface area contributed by atoms with Gasteiger partial charge in [-0.05, 0) is 29.8 Å².